The molecule has 3 aliphatic heterocycles. The second kappa shape index (κ2) is 7.21. The molecule has 0 amide bonds. The molecule has 0 unspecified atom stereocenters. The van der Waals surface area contributed by atoms with E-state index in [0.717, 1.165) is 13.1 Å². The maximum atomic E-state index is 11.0. The second-order valence-electron chi connectivity index (χ2n) is 7.57. The van der Waals surface area contributed by atoms with E-state index in [1.54, 1.807) is 0 Å². The summed E-state index contributed by atoms with van der Waals surface area (Å²) in [4.78, 5) is 4.42. The van der Waals surface area contributed by atoms with E-state index in [1.165, 1.54) is 24.1 Å². The van der Waals surface area contributed by atoms with E-state index in [1.807, 2.05) is 14.1 Å². The van der Waals surface area contributed by atoms with Gasteiger partial charge in [0.2, 0.25) is 0 Å². The first kappa shape index (κ1) is 17.2. The number of ether oxygens (including phenoxy) is 2. The lowest BCUT2D eigenvalue weighted by Gasteiger charge is -2.42. The predicted molar refractivity (Wildman–Crippen MR) is 96.6 cm³/mol. The molecule has 0 radical (unpaired) electrons. The molecule has 138 valence electrons. The van der Waals surface area contributed by atoms with Gasteiger partial charge in [0.1, 0.15) is 6.10 Å². The van der Waals surface area contributed by atoms with Gasteiger partial charge in [0.25, 0.3) is 0 Å². The van der Waals surface area contributed by atoms with E-state index >= 15 is 0 Å². The van der Waals surface area contributed by atoms with Crippen molar-refractivity contribution in [3.63, 3.8) is 0 Å². The Morgan fingerprint density at radius 1 is 1.20 bits per heavy atom. The quantitative estimate of drug-likeness (QED) is 0.821. The maximum Gasteiger partial charge on any atom is 0.176 e. The average Bonchev–Trinajstić information content (AvgIpc) is 3.27. The number of fused-ring (bicyclic) bond motifs is 2. The molecule has 3 fully saturated rings. The normalized spacial score (nSPS) is 35.2. The van der Waals surface area contributed by atoms with Crippen molar-refractivity contribution in [2.75, 3.05) is 38.7 Å². The number of benzene rings is 1. The fourth-order valence-corrected chi connectivity index (χ4v) is 4.23. The number of nitrogens with zero attached hydrogens (tertiary/aromatic N) is 2. The molecule has 0 saturated carbocycles. The lowest BCUT2D eigenvalue weighted by molar-refractivity contribution is -0.179. The third-order valence-corrected chi connectivity index (χ3v) is 5.69. The molecule has 3 aliphatic rings. The molecule has 1 aromatic carbocycles. The number of hydrogen-bond acceptors (Lipinski definition) is 6. The van der Waals surface area contributed by atoms with Gasteiger partial charge in [0.05, 0.1) is 24.8 Å². The van der Waals surface area contributed by atoms with E-state index in [4.69, 9.17) is 9.47 Å². The molecule has 2 bridgehead atoms. The van der Waals surface area contributed by atoms with Crippen molar-refractivity contribution in [3.8, 4) is 0 Å². The molecule has 0 aliphatic carbocycles. The minimum atomic E-state index is -0.467. The molecule has 1 aromatic rings. The molecular formula is C19H29N3O3. The Balaban J connectivity index is 1.42. The zero-order valence-electron chi connectivity index (χ0n) is 15.1. The zero-order valence-corrected chi connectivity index (χ0v) is 15.1. The number of hydrogen-bond donors (Lipinski definition) is 2. The van der Waals surface area contributed by atoms with E-state index < -0.39 is 6.10 Å². The maximum absolute atomic E-state index is 11.0. The molecule has 5 atom stereocenters. The van der Waals surface area contributed by atoms with Crippen molar-refractivity contribution in [1.82, 2.24) is 10.2 Å². The van der Waals surface area contributed by atoms with E-state index in [9.17, 15) is 5.11 Å². The van der Waals surface area contributed by atoms with Crippen LogP contribution in [0.1, 0.15) is 18.4 Å². The van der Waals surface area contributed by atoms with Gasteiger partial charge in [-0.15, -0.1) is 0 Å². The van der Waals surface area contributed by atoms with E-state index in [-0.39, 0.29) is 24.5 Å². The Labute approximate surface area is 149 Å². The Morgan fingerprint density at radius 3 is 2.60 bits per heavy atom. The average molecular weight is 347 g/mol. The molecule has 3 saturated heterocycles. The smallest absolute Gasteiger partial charge is 0.176 e. The van der Waals surface area contributed by atoms with Crippen LogP contribution in [0.15, 0.2) is 24.3 Å². The standard InChI is InChI=1S/C19H29N3O3/c1-21(2)14-7-5-13(6-8-14)11-20-16-15-12-24-19(25-15)17(18(16)23)22-9-3-4-10-22/h5-8,15-20,23H,3-4,9-12H2,1-2H3/t15-,16-,17+,18-,19+/m0/s1. The van der Waals surface area contributed by atoms with Crippen molar-refractivity contribution in [1.29, 1.82) is 0 Å². The third kappa shape index (κ3) is 3.41. The van der Waals surface area contributed by atoms with E-state index in [2.05, 4.69) is 39.4 Å². The number of likely N-dealkylation sites (tertiary alicyclic amines) is 1. The van der Waals surface area contributed by atoms with Crippen LogP contribution in [0, 0.1) is 0 Å². The van der Waals surface area contributed by atoms with Crippen LogP contribution in [0.4, 0.5) is 5.69 Å². The number of anilines is 1. The van der Waals surface area contributed by atoms with Crippen LogP contribution in [0.3, 0.4) is 0 Å². The van der Waals surface area contributed by atoms with Crippen molar-refractivity contribution >= 4 is 5.69 Å². The molecule has 0 aromatic heterocycles. The zero-order chi connectivity index (χ0) is 17.4. The number of rotatable bonds is 5. The van der Waals surface area contributed by atoms with Gasteiger partial charge in [-0.2, -0.15) is 0 Å². The first-order chi connectivity index (χ1) is 12.1. The molecular weight excluding hydrogens is 318 g/mol. The van der Waals surface area contributed by atoms with Gasteiger partial charge in [0, 0.05) is 26.3 Å². The van der Waals surface area contributed by atoms with Crippen molar-refractivity contribution in [2.45, 2.75) is 50.0 Å². The van der Waals surface area contributed by atoms with Gasteiger partial charge >= 0.3 is 0 Å². The summed E-state index contributed by atoms with van der Waals surface area (Å²) >= 11 is 0. The van der Waals surface area contributed by atoms with Crippen LogP contribution < -0.4 is 10.2 Å². The summed E-state index contributed by atoms with van der Waals surface area (Å²) in [5.41, 5.74) is 2.39. The highest BCUT2D eigenvalue weighted by atomic mass is 16.7. The second-order valence-corrected chi connectivity index (χ2v) is 7.57. The first-order valence-electron chi connectivity index (χ1n) is 9.32. The SMILES string of the molecule is CN(C)c1ccc(CN[C@@H]2[C@H](O)[C@@H](N3CCCC3)[C@@H]3OC[C@@H]2O3)cc1. The molecule has 6 nitrogen and oxygen atoms in total. The molecule has 3 heterocycles. The summed E-state index contributed by atoms with van der Waals surface area (Å²) in [5, 5.41) is 14.5. The van der Waals surface area contributed by atoms with Gasteiger partial charge in [-0.1, -0.05) is 12.1 Å². The first-order valence-corrected chi connectivity index (χ1v) is 9.32. The van der Waals surface area contributed by atoms with Crippen molar-refractivity contribution in [3.05, 3.63) is 29.8 Å². The molecule has 6 heteroatoms. The summed E-state index contributed by atoms with van der Waals surface area (Å²) in [5.74, 6) is 0. The Hall–Kier alpha value is -1.18. The Bertz CT molecular complexity index is 572. The third-order valence-electron chi connectivity index (χ3n) is 5.69. The number of aliphatic hydroxyl groups is 1. The van der Waals surface area contributed by atoms with Crippen molar-refractivity contribution < 1.29 is 14.6 Å². The Kier molecular flexibility index (Phi) is 4.97. The van der Waals surface area contributed by atoms with Gasteiger partial charge in [-0.3, -0.25) is 4.90 Å². The largest absolute Gasteiger partial charge is 0.390 e. The van der Waals surface area contributed by atoms with Crippen LogP contribution >= 0.6 is 0 Å². The molecule has 2 N–H and O–H groups in total. The fourth-order valence-electron chi connectivity index (χ4n) is 4.23. The summed E-state index contributed by atoms with van der Waals surface area (Å²) in [6, 6.07) is 8.33. The molecule has 4 rings (SSSR count). The van der Waals surface area contributed by atoms with Crippen LogP contribution in [0.25, 0.3) is 0 Å². The number of aliphatic hydroxyl groups excluding tert-OH is 1. The van der Waals surface area contributed by atoms with Crippen LogP contribution in [0.5, 0.6) is 0 Å². The van der Waals surface area contributed by atoms with Gasteiger partial charge in [-0.05, 0) is 43.6 Å². The van der Waals surface area contributed by atoms with Crippen LogP contribution in [0.2, 0.25) is 0 Å². The van der Waals surface area contributed by atoms with Gasteiger partial charge in [0.15, 0.2) is 6.29 Å². The monoisotopic (exact) mass is 347 g/mol. The number of nitrogens with one attached hydrogen (secondary N) is 1. The highest BCUT2D eigenvalue weighted by Gasteiger charge is 2.52. The summed E-state index contributed by atoms with van der Waals surface area (Å²) < 4.78 is 11.9. The van der Waals surface area contributed by atoms with Gasteiger partial charge < -0.3 is 24.8 Å². The van der Waals surface area contributed by atoms with Crippen LogP contribution in [-0.4, -0.2) is 74.4 Å². The Morgan fingerprint density at radius 2 is 1.92 bits per heavy atom. The predicted octanol–water partition coefficient (Wildman–Crippen LogP) is 0.791. The lowest BCUT2D eigenvalue weighted by Crippen LogP contribution is -2.63. The minimum absolute atomic E-state index is 0.0603. The summed E-state index contributed by atoms with van der Waals surface area (Å²) in [6.45, 7) is 3.32. The summed E-state index contributed by atoms with van der Waals surface area (Å²) in [6.07, 6.45) is 1.56. The highest BCUT2D eigenvalue weighted by Crippen LogP contribution is 2.33. The lowest BCUT2D eigenvalue weighted by atomic mass is 9.94. The van der Waals surface area contributed by atoms with Crippen LogP contribution in [-0.2, 0) is 16.0 Å². The van der Waals surface area contributed by atoms with Gasteiger partial charge in [-0.25, -0.2) is 0 Å². The highest BCUT2D eigenvalue weighted by molar-refractivity contribution is 5.45. The van der Waals surface area contributed by atoms with Crippen molar-refractivity contribution in [2.24, 2.45) is 0 Å². The topological polar surface area (TPSA) is 57.2 Å². The molecule has 0 spiro atoms. The molecule has 25 heavy (non-hydrogen) atoms. The fraction of sp³-hybridized carbons (Fsp3) is 0.684. The summed E-state index contributed by atoms with van der Waals surface area (Å²) in [7, 11) is 4.08. The van der Waals surface area contributed by atoms with E-state index in [0.29, 0.717) is 13.2 Å². The minimum Gasteiger partial charge on any atom is -0.390 e.